The minimum absolute atomic E-state index is 0.553. The van der Waals surface area contributed by atoms with Crippen LogP contribution in [0, 0.1) is 5.92 Å². The van der Waals surface area contributed by atoms with Gasteiger partial charge in [0, 0.05) is 49.8 Å². The van der Waals surface area contributed by atoms with E-state index >= 15 is 0 Å². The van der Waals surface area contributed by atoms with Crippen molar-refractivity contribution in [1.82, 2.24) is 40.0 Å². The van der Waals surface area contributed by atoms with Crippen molar-refractivity contribution in [3.63, 3.8) is 0 Å². The fraction of sp³-hybridized carbons (Fsp3) is 0.321. The third kappa shape index (κ3) is 4.06. The molecule has 1 saturated carbocycles. The molecule has 2 aliphatic rings. The zero-order chi connectivity index (χ0) is 25.6. The first-order valence-corrected chi connectivity index (χ1v) is 13.2. The van der Waals surface area contributed by atoms with E-state index in [1.54, 1.807) is 0 Å². The normalized spacial score (nSPS) is 16.7. The molecule has 1 aliphatic heterocycles. The highest BCUT2D eigenvalue weighted by Crippen LogP contribution is 2.34. The van der Waals surface area contributed by atoms with Gasteiger partial charge in [-0.05, 0) is 50.1 Å². The van der Waals surface area contributed by atoms with Gasteiger partial charge >= 0.3 is 0 Å². The number of hydrogen-bond acceptors (Lipinski definition) is 8. The molecule has 0 spiro atoms. The molecule has 1 saturated heterocycles. The summed E-state index contributed by atoms with van der Waals surface area (Å²) in [6.07, 6.45) is 9.18. The number of aromatic amines is 2. The highest BCUT2D eigenvalue weighted by atomic mass is 15.3. The van der Waals surface area contributed by atoms with Crippen LogP contribution in [-0.2, 0) is 0 Å². The van der Waals surface area contributed by atoms with Crippen LogP contribution in [0.4, 0.5) is 11.5 Å². The van der Waals surface area contributed by atoms with Crippen LogP contribution in [-0.4, -0.2) is 73.2 Å². The largest absolute Gasteiger partial charge is 0.358 e. The third-order valence-electron chi connectivity index (χ3n) is 7.75. The molecule has 0 atom stereocenters. The number of nitrogens with one attached hydrogen (secondary N) is 3. The Morgan fingerprint density at radius 1 is 1.03 bits per heavy atom. The predicted molar refractivity (Wildman–Crippen MR) is 150 cm³/mol. The molecule has 38 heavy (non-hydrogen) atoms. The van der Waals surface area contributed by atoms with E-state index in [1.165, 1.54) is 19.3 Å². The number of aromatic nitrogens is 7. The van der Waals surface area contributed by atoms with Gasteiger partial charge in [-0.2, -0.15) is 5.10 Å². The van der Waals surface area contributed by atoms with Gasteiger partial charge in [0.05, 0.1) is 28.6 Å². The van der Waals surface area contributed by atoms with E-state index in [9.17, 15) is 0 Å². The van der Waals surface area contributed by atoms with E-state index in [2.05, 4.69) is 60.0 Å². The summed E-state index contributed by atoms with van der Waals surface area (Å²) in [6, 6.07) is 8.02. The maximum absolute atomic E-state index is 4.98. The Morgan fingerprint density at radius 3 is 2.71 bits per heavy atom. The van der Waals surface area contributed by atoms with E-state index < -0.39 is 0 Å². The number of fused-ring (bicyclic) bond motifs is 2. The number of rotatable bonds is 6. The van der Waals surface area contributed by atoms with Crippen LogP contribution in [0.2, 0.25) is 0 Å². The number of piperazine rings is 1. The van der Waals surface area contributed by atoms with Crippen molar-refractivity contribution >= 4 is 33.6 Å². The molecule has 0 unspecified atom stereocenters. The van der Waals surface area contributed by atoms with Crippen LogP contribution >= 0.6 is 0 Å². The highest BCUT2D eigenvalue weighted by molar-refractivity contribution is 5.94. The van der Waals surface area contributed by atoms with E-state index in [-0.39, 0.29) is 0 Å². The summed E-state index contributed by atoms with van der Waals surface area (Å²) in [7, 11) is 2.15. The Balaban J connectivity index is 1.22. The number of anilines is 2. The average Bonchev–Trinajstić information content (AvgIpc) is 3.52. The molecule has 0 radical (unpaired) electrons. The lowest BCUT2D eigenvalue weighted by atomic mass is 9.83. The van der Waals surface area contributed by atoms with E-state index in [1.807, 2.05) is 36.8 Å². The number of H-pyrrole nitrogens is 2. The zero-order valence-electron chi connectivity index (χ0n) is 21.4. The van der Waals surface area contributed by atoms with Crippen molar-refractivity contribution in [3.05, 3.63) is 55.1 Å². The first-order chi connectivity index (χ1) is 18.6. The fourth-order valence-electron chi connectivity index (χ4n) is 5.20. The van der Waals surface area contributed by atoms with Gasteiger partial charge in [-0.3, -0.25) is 10.1 Å². The average molecular weight is 507 g/mol. The molecule has 6 heterocycles. The third-order valence-corrected chi connectivity index (χ3v) is 7.75. The minimum atomic E-state index is 0.553. The van der Waals surface area contributed by atoms with Gasteiger partial charge in [0.1, 0.15) is 11.0 Å². The lowest BCUT2D eigenvalue weighted by molar-refractivity contribution is 0.312. The molecule has 10 nitrogen and oxygen atoms in total. The van der Waals surface area contributed by atoms with Crippen molar-refractivity contribution in [3.8, 4) is 22.8 Å². The minimum Gasteiger partial charge on any atom is -0.358 e. The van der Waals surface area contributed by atoms with Crippen LogP contribution in [0.5, 0.6) is 0 Å². The second-order valence-electron chi connectivity index (χ2n) is 10.3. The van der Waals surface area contributed by atoms with Gasteiger partial charge < -0.3 is 20.1 Å². The second-order valence-corrected chi connectivity index (χ2v) is 10.3. The molecule has 0 amide bonds. The predicted octanol–water partition coefficient (Wildman–Crippen LogP) is 4.44. The lowest BCUT2D eigenvalue weighted by Crippen LogP contribution is -2.44. The molecular formula is C28H30N10. The van der Waals surface area contributed by atoms with Gasteiger partial charge in [0.15, 0.2) is 17.3 Å². The smallest absolute Gasteiger partial charge is 0.161 e. The maximum Gasteiger partial charge on any atom is 0.161 e. The molecule has 192 valence electrons. The van der Waals surface area contributed by atoms with Crippen molar-refractivity contribution in [2.45, 2.75) is 19.3 Å². The summed E-state index contributed by atoms with van der Waals surface area (Å²) in [5, 5.41) is 11.1. The summed E-state index contributed by atoms with van der Waals surface area (Å²) >= 11 is 0. The van der Waals surface area contributed by atoms with Crippen LogP contribution in [0.3, 0.4) is 0 Å². The first-order valence-electron chi connectivity index (χ1n) is 13.2. The number of hydrogen-bond donors (Lipinski definition) is 3. The molecule has 0 aromatic carbocycles. The standard InChI is InChI=1S/C28H30N10/c1-17(18-4-3-5-18)31-20-14-19(15-29-16-20)21-6-7-23-24(32-21)26(36-35-23)27-33-22-8-9-30-28(25(22)34-27)38-12-10-37(2)11-13-38/h6-9,14-16,18,31H,1,3-5,10-13H2,2H3,(H,33,34)(H,35,36). The van der Waals surface area contributed by atoms with Gasteiger partial charge in [0.25, 0.3) is 0 Å². The van der Waals surface area contributed by atoms with E-state index in [0.717, 1.165) is 76.7 Å². The quantitative estimate of drug-likeness (QED) is 0.310. The Morgan fingerprint density at radius 2 is 1.89 bits per heavy atom. The molecule has 10 heteroatoms. The maximum atomic E-state index is 4.98. The van der Waals surface area contributed by atoms with Gasteiger partial charge in [-0.1, -0.05) is 13.0 Å². The molecule has 5 aromatic rings. The monoisotopic (exact) mass is 506 g/mol. The van der Waals surface area contributed by atoms with E-state index in [0.29, 0.717) is 17.4 Å². The van der Waals surface area contributed by atoms with Crippen molar-refractivity contribution in [2.24, 2.45) is 5.92 Å². The van der Waals surface area contributed by atoms with Gasteiger partial charge in [-0.15, -0.1) is 0 Å². The summed E-state index contributed by atoms with van der Waals surface area (Å²) in [5.41, 5.74) is 7.82. The molecule has 5 aromatic heterocycles. The number of likely N-dealkylation sites (N-methyl/N-ethyl adjacent to an activating group) is 1. The van der Waals surface area contributed by atoms with Crippen LogP contribution in [0.1, 0.15) is 19.3 Å². The molecule has 3 N–H and O–H groups in total. The van der Waals surface area contributed by atoms with Crippen molar-refractivity contribution in [1.29, 1.82) is 0 Å². The van der Waals surface area contributed by atoms with Crippen molar-refractivity contribution in [2.75, 3.05) is 43.4 Å². The first kappa shape index (κ1) is 22.9. The van der Waals surface area contributed by atoms with Crippen LogP contribution in [0.15, 0.2) is 55.1 Å². The summed E-state index contributed by atoms with van der Waals surface area (Å²) in [4.78, 5) is 27.1. The number of imidazole rings is 1. The Labute approximate surface area is 220 Å². The Hall–Kier alpha value is -4.31. The Bertz CT molecular complexity index is 1640. The van der Waals surface area contributed by atoms with Crippen LogP contribution in [0.25, 0.3) is 44.8 Å². The topological polar surface area (TPSA) is 115 Å². The Kier molecular flexibility index (Phi) is 5.54. The summed E-state index contributed by atoms with van der Waals surface area (Å²) in [6.45, 7) is 8.09. The highest BCUT2D eigenvalue weighted by Gasteiger charge is 2.22. The summed E-state index contributed by atoms with van der Waals surface area (Å²) < 4.78 is 0. The molecular weight excluding hydrogens is 476 g/mol. The number of allylic oxidation sites excluding steroid dienone is 1. The molecule has 1 aliphatic carbocycles. The molecule has 7 rings (SSSR count). The zero-order valence-corrected chi connectivity index (χ0v) is 21.4. The van der Waals surface area contributed by atoms with Gasteiger partial charge in [-0.25, -0.2) is 15.0 Å². The number of nitrogens with zero attached hydrogens (tertiary/aromatic N) is 7. The molecule has 0 bridgehead atoms. The lowest BCUT2D eigenvalue weighted by Gasteiger charge is -2.33. The van der Waals surface area contributed by atoms with E-state index in [4.69, 9.17) is 9.97 Å². The fourth-order valence-corrected chi connectivity index (χ4v) is 5.20. The van der Waals surface area contributed by atoms with Crippen LogP contribution < -0.4 is 10.2 Å². The van der Waals surface area contributed by atoms with Gasteiger partial charge in [0.2, 0.25) is 0 Å². The number of pyridine rings is 3. The summed E-state index contributed by atoms with van der Waals surface area (Å²) in [5.74, 6) is 2.13. The van der Waals surface area contributed by atoms with Crippen molar-refractivity contribution < 1.29 is 0 Å². The SMILES string of the molecule is C=C(Nc1cncc(-c2ccc3[nH]nc(-c4nc5c(N6CCN(C)CC6)nccc5[nH]4)c3n2)c1)C1CCC1. The molecule has 2 fully saturated rings. The second kappa shape index (κ2) is 9.21.